The van der Waals surface area contributed by atoms with Crippen molar-refractivity contribution in [2.24, 2.45) is 11.0 Å². The topological polar surface area (TPSA) is 55.2 Å². The summed E-state index contributed by atoms with van der Waals surface area (Å²) >= 11 is 4.93. The number of nitrogens with one attached hydrogen (secondary N) is 1. The lowest BCUT2D eigenvalue weighted by Crippen LogP contribution is -2.01. The first-order valence-electron chi connectivity index (χ1n) is 4.10. The minimum absolute atomic E-state index is 0.414. The van der Waals surface area contributed by atoms with E-state index in [-0.39, 0.29) is 0 Å². The van der Waals surface area contributed by atoms with Gasteiger partial charge in [-0.3, -0.25) is 5.10 Å². The Bertz CT molecular complexity index is 349. The first-order chi connectivity index (χ1) is 6.36. The quantitative estimate of drug-likeness (QED) is 0.565. The number of aromatic nitrogens is 3. The molecular weight excluding hydrogens is 188 g/mol. The van der Waals surface area contributed by atoms with Crippen LogP contribution in [0.2, 0.25) is 0 Å². The van der Waals surface area contributed by atoms with Crippen molar-refractivity contribution < 1.29 is 4.74 Å². The predicted molar refractivity (Wildman–Crippen MR) is 50.2 cm³/mol. The molecule has 13 heavy (non-hydrogen) atoms. The summed E-state index contributed by atoms with van der Waals surface area (Å²) in [5, 5.41) is 10.5. The van der Waals surface area contributed by atoms with E-state index in [9.17, 15) is 0 Å². The summed E-state index contributed by atoms with van der Waals surface area (Å²) in [5.41, 5.74) is 0. The third kappa shape index (κ3) is 2.02. The standard InChI is InChI=1S/C7H10N4OS/c13-7-10-8-5-11(7)9-3-6-1-2-12-4-6/h3,5-6H,1-2,4H2,(H,10,13)/b9-3+. The molecule has 2 rings (SSSR count). The van der Waals surface area contributed by atoms with Gasteiger partial charge in [0.05, 0.1) is 6.61 Å². The fraction of sp³-hybridized carbons (Fsp3) is 0.571. The fourth-order valence-electron chi connectivity index (χ4n) is 1.16. The number of nitrogens with zero attached hydrogens (tertiary/aromatic N) is 3. The van der Waals surface area contributed by atoms with Crippen LogP contribution >= 0.6 is 12.2 Å². The van der Waals surface area contributed by atoms with Gasteiger partial charge < -0.3 is 4.74 Å². The van der Waals surface area contributed by atoms with Crippen LogP contribution in [0, 0.1) is 10.7 Å². The molecule has 1 unspecified atom stereocenters. The van der Waals surface area contributed by atoms with Crippen LogP contribution in [0.1, 0.15) is 6.42 Å². The summed E-state index contributed by atoms with van der Waals surface area (Å²) < 4.78 is 7.25. The minimum Gasteiger partial charge on any atom is -0.381 e. The van der Waals surface area contributed by atoms with Crippen molar-refractivity contribution in [1.82, 2.24) is 14.9 Å². The zero-order valence-corrected chi connectivity index (χ0v) is 7.83. The highest BCUT2D eigenvalue weighted by Gasteiger charge is 2.12. The Morgan fingerprint density at radius 2 is 2.77 bits per heavy atom. The normalized spacial score (nSPS) is 22.9. The maximum Gasteiger partial charge on any atom is 0.216 e. The third-order valence-corrected chi connectivity index (χ3v) is 2.18. The summed E-state index contributed by atoms with van der Waals surface area (Å²) in [6.07, 6.45) is 4.45. The van der Waals surface area contributed by atoms with Gasteiger partial charge in [-0.25, -0.2) is 0 Å². The molecule has 2 heterocycles. The van der Waals surface area contributed by atoms with E-state index < -0.39 is 0 Å². The molecule has 1 aliphatic rings. The second-order valence-electron chi connectivity index (χ2n) is 2.89. The highest BCUT2D eigenvalue weighted by atomic mass is 32.1. The molecule has 0 aromatic carbocycles. The predicted octanol–water partition coefficient (Wildman–Crippen LogP) is 0.811. The van der Waals surface area contributed by atoms with Crippen molar-refractivity contribution in [3.05, 3.63) is 11.1 Å². The van der Waals surface area contributed by atoms with Crippen molar-refractivity contribution in [1.29, 1.82) is 0 Å². The average molecular weight is 198 g/mol. The van der Waals surface area contributed by atoms with Crippen molar-refractivity contribution in [3.8, 4) is 0 Å². The molecule has 5 nitrogen and oxygen atoms in total. The monoisotopic (exact) mass is 198 g/mol. The summed E-state index contributed by atoms with van der Waals surface area (Å²) in [6, 6.07) is 0. The van der Waals surface area contributed by atoms with Crippen LogP contribution in [0.3, 0.4) is 0 Å². The zero-order chi connectivity index (χ0) is 9.10. The number of aromatic amines is 1. The lowest BCUT2D eigenvalue weighted by molar-refractivity contribution is 0.193. The van der Waals surface area contributed by atoms with Gasteiger partial charge in [0.15, 0.2) is 0 Å². The first-order valence-corrected chi connectivity index (χ1v) is 4.51. The zero-order valence-electron chi connectivity index (χ0n) is 7.01. The van der Waals surface area contributed by atoms with Crippen molar-refractivity contribution >= 4 is 18.4 Å². The van der Waals surface area contributed by atoms with Crippen molar-refractivity contribution in [2.45, 2.75) is 6.42 Å². The van der Waals surface area contributed by atoms with Crippen molar-refractivity contribution in [2.75, 3.05) is 13.2 Å². The van der Waals surface area contributed by atoms with E-state index >= 15 is 0 Å². The van der Waals surface area contributed by atoms with Crippen LogP contribution in [0.4, 0.5) is 0 Å². The number of H-pyrrole nitrogens is 1. The average Bonchev–Trinajstić information content (AvgIpc) is 2.72. The second-order valence-corrected chi connectivity index (χ2v) is 3.28. The van der Waals surface area contributed by atoms with E-state index in [0.717, 1.165) is 19.6 Å². The smallest absolute Gasteiger partial charge is 0.216 e. The lowest BCUT2D eigenvalue weighted by atomic mass is 10.1. The second kappa shape index (κ2) is 3.80. The molecule has 1 aromatic rings. The van der Waals surface area contributed by atoms with E-state index in [4.69, 9.17) is 17.0 Å². The maximum atomic E-state index is 5.21. The number of hydrogen-bond acceptors (Lipinski definition) is 4. The van der Waals surface area contributed by atoms with Crippen LogP contribution in [0.25, 0.3) is 0 Å². The van der Waals surface area contributed by atoms with E-state index in [1.807, 2.05) is 6.21 Å². The summed E-state index contributed by atoms with van der Waals surface area (Å²) in [5.74, 6) is 0.414. The largest absolute Gasteiger partial charge is 0.381 e. The highest BCUT2D eigenvalue weighted by Crippen LogP contribution is 2.09. The molecule has 1 N–H and O–H groups in total. The van der Waals surface area contributed by atoms with Gasteiger partial charge in [0.1, 0.15) is 6.33 Å². The molecule has 1 saturated heterocycles. The Hall–Kier alpha value is -1.01. The van der Waals surface area contributed by atoms with Gasteiger partial charge in [-0.1, -0.05) is 0 Å². The molecule has 0 spiro atoms. The number of ether oxygens (including phenoxy) is 1. The molecule has 6 heteroatoms. The Balaban J connectivity index is 2.04. The summed E-state index contributed by atoms with van der Waals surface area (Å²) in [6.45, 7) is 1.59. The van der Waals surface area contributed by atoms with Crippen LogP contribution in [0.15, 0.2) is 11.4 Å². The molecule has 0 radical (unpaired) electrons. The molecule has 0 saturated carbocycles. The highest BCUT2D eigenvalue weighted by molar-refractivity contribution is 7.71. The Labute approximate surface area is 80.4 Å². The van der Waals surface area contributed by atoms with Crippen LogP contribution in [-0.4, -0.2) is 34.3 Å². The lowest BCUT2D eigenvalue weighted by Gasteiger charge is -1.96. The molecule has 70 valence electrons. The Morgan fingerprint density at radius 1 is 1.85 bits per heavy atom. The van der Waals surface area contributed by atoms with E-state index in [0.29, 0.717) is 10.7 Å². The number of rotatable bonds is 2. The van der Waals surface area contributed by atoms with E-state index in [2.05, 4.69) is 15.3 Å². The molecule has 1 fully saturated rings. The first kappa shape index (κ1) is 8.58. The maximum absolute atomic E-state index is 5.21. The van der Waals surface area contributed by atoms with Gasteiger partial charge in [0.25, 0.3) is 0 Å². The number of hydrogen-bond donors (Lipinski definition) is 1. The summed E-state index contributed by atoms with van der Waals surface area (Å²) in [7, 11) is 0. The Kier molecular flexibility index (Phi) is 2.51. The van der Waals surface area contributed by atoms with Gasteiger partial charge in [-0.2, -0.15) is 14.9 Å². The van der Waals surface area contributed by atoms with Gasteiger partial charge in [0.2, 0.25) is 4.77 Å². The van der Waals surface area contributed by atoms with Crippen LogP contribution in [0.5, 0.6) is 0 Å². The van der Waals surface area contributed by atoms with Gasteiger partial charge in [-0.05, 0) is 18.6 Å². The van der Waals surface area contributed by atoms with Crippen molar-refractivity contribution in [3.63, 3.8) is 0 Å². The van der Waals surface area contributed by atoms with Gasteiger partial charge in [-0.15, -0.1) is 0 Å². The molecule has 1 aromatic heterocycles. The fourth-order valence-corrected chi connectivity index (χ4v) is 1.31. The third-order valence-electron chi connectivity index (χ3n) is 1.90. The Morgan fingerprint density at radius 3 is 3.38 bits per heavy atom. The van der Waals surface area contributed by atoms with Gasteiger partial charge in [0, 0.05) is 18.7 Å². The molecule has 0 bridgehead atoms. The van der Waals surface area contributed by atoms with Gasteiger partial charge >= 0.3 is 0 Å². The minimum atomic E-state index is 0.414. The SMILES string of the molecule is S=c1[nH]ncn1/N=C/C1CCOC1. The molecule has 1 aliphatic heterocycles. The molecule has 1 atom stereocenters. The summed E-state index contributed by atoms with van der Waals surface area (Å²) in [4.78, 5) is 0. The van der Waals surface area contributed by atoms with Crippen LogP contribution < -0.4 is 0 Å². The molecule has 0 aliphatic carbocycles. The molecular formula is C7H10N4OS. The van der Waals surface area contributed by atoms with E-state index in [1.54, 1.807) is 6.33 Å². The van der Waals surface area contributed by atoms with Crippen LogP contribution in [-0.2, 0) is 4.74 Å². The molecule has 0 amide bonds. The van der Waals surface area contributed by atoms with E-state index in [1.165, 1.54) is 4.68 Å².